The number of carbonyl (C=O) groups excluding carboxylic acids is 1. The fourth-order valence-electron chi connectivity index (χ4n) is 3.80. The third kappa shape index (κ3) is 4.54. The van der Waals surface area contributed by atoms with E-state index < -0.39 is 0 Å². The molecule has 0 atom stereocenters. The molecule has 1 aliphatic rings. The zero-order valence-electron chi connectivity index (χ0n) is 16.4. The molecule has 27 heavy (non-hydrogen) atoms. The lowest BCUT2D eigenvalue weighted by atomic mass is 9.79. The Morgan fingerprint density at radius 2 is 2.04 bits per heavy atom. The molecule has 1 amide bonds. The minimum Gasteiger partial charge on any atom is -0.384 e. The number of rotatable bonds is 6. The predicted octanol–water partition coefficient (Wildman–Crippen LogP) is 2.56. The highest BCUT2D eigenvalue weighted by molar-refractivity contribution is 5.95. The Morgan fingerprint density at radius 3 is 2.63 bits per heavy atom. The molecule has 0 radical (unpaired) electrons. The van der Waals surface area contributed by atoms with Gasteiger partial charge in [-0.1, -0.05) is 5.16 Å². The summed E-state index contributed by atoms with van der Waals surface area (Å²) < 4.78 is 12.5. The summed E-state index contributed by atoms with van der Waals surface area (Å²) in [5.41, 5.74) is 2.49. The number of nitrogens with one attached hydrogen (secondary N) is 2. The molecule has 0 saturated carbocycles. The second-order valence-electron chi connectivity index (χ2n) is 7.28. The maximum Gasteiger partial charge on any atom is 0.253 e. The van der Waals surface area contributed by atoms with Crippen molar-refractivity contribution < 1.29 is 14.1 Å². The van der Waals surface area contributed by atoms with Crippen LogP contribution in [-0.4, -0.2) is 49.0 Å². The van der Waals surface area contributed by atoms with E-state index in [-0.39, 0.29) is 23.7 Å². The molecule has 2 aromatic rings. The number of aromatic nitrogens is 2. The first-order valence-electron chi connectivity index (χ1n) is 9.06. The number of amides is 1. The Morgan fingerprint density at radius 1 is 1.33 bits per heavy atom. The van der Waals surface area contributed by atoms with E-state index in [2.05, 4.69) is 15.8 Å². The Hall–Kier alpha value is -1.83. The van der Waals surface area contributed by atoms with Gasteiger partial charge in [0.1, 0.15) is 5.76 Å². The minimum atomic E-state index is -0.0569. The number of halogens is 1. The SMILES string of the molecule is COCC1(CNC(=O)c2cc(C)n(-c3cc(C)on3)c2C)CCNCC1.Cl. The Balaban J connectivity index is 0.00000261. The average Bonchev–Trinajstić information content (AvgIpc) is 3.16. The summed E-state index contributed by atoms with van der Waals surface area (Å²) in [5, 5.41) is 10.6. The molecular weight excluding hydrogens is 368 g/mol. The maximum atomic E-state index is 12.8. The summed E-state index contributed by atoms with van der Waals surface area (Å²) in [6.45, 7) is 8.94. The second-order valence-corrected chi connectivity index (χ2v) is 7.28. The van der Waals surface area contributed by atoms with Gasteiger partial charge in [-0.2, -0.15) is 0 Å². The van der Waals surface area contributed by atoms with Crippen LogP contribution in [0.3, 0.4) is 0 Å². The molecule has 0 bridgehead atoms. The minimum absolute atomic E-state index is 0. The van der Waals surface area contributed by atoms with Gasteiger partial charge in [0.25, 0.3) is 5.91 Å². The third-order valence-electron chi connectivity index (χ3n) is 5.26. The summed E-state index contributed by atoms with van der Waals surface area (Å²) in [4.78, 5) is 12.8. The van der Waals surface area contributed by atoms with Gasteiger partial charge in [-0.3, -0.25) is 9.36 Å². The van der Waals surface area contributed by atoms with Crippen LogP contribution in [0, 0.1) is 26.2 Å². The van der Waals surface area contributed by atoms with Gasteiger partial charge in [-0.15, -0.1) is 12.4 Å². The van der Waals surface area contributed by atoms with E-state index in [1.807, 2.05) is 37.5 Å². The van der Waals surface area contributed by atoms with Crippen LogP contribution in [-0.2, 0) is 4.74 Å². The average molecular weight is 397 g/mol. The number of piperidine rings is 1. The molecule has 8 heteroatoms. The zero-order chi connectivity index (χ0) is 18.7. The number of nitrogens with zero attached hydrogens (tertiary/aromatic N) is 2. The molecule has 0 aromatic carbocycles. The van der Waals surface area contributed by atoms with Crippen LogP contribution in [0.25, 0.3) is 5.82 Å². The Labute approximate surface area is 166 Å². The van der Waals surface area contributed by atoms with Gasteiger partial charge in [0, 0.05) is 36.5 Å². The first-order chi connectivity index (χ1) is 12.5. The number of carbonyl (C=O) groups is 1. The summed E-state index contributed by atoms with van der Waals surface area (Å²) in [6.07, 6.45) is 2.00. The quantitative estimate of drug-likeness (QED) is 0.784. The molecule has 7 nitrogen and oxygen atoms in total. The van der Waals surface area contributed by atoms with E-state index in [1.54, 1.807) is 7.11 Å². The van der Waals surface area contributed by atoms with Crippen LogP contribution in [0.2, 0.25) is 0 Å². The molecule has 2 aromatic heterocycles. The van der Waals surface area contributed by atoms with Crippen LogP contribution in [0.15, 0.2) is 16.7 Å². The van der Waals surface area contributed by atoms with Crippen LogP contribution in [0.5, 0.6) is 0 Å². The lowest BCUT2D eigenvalue weighted by molar-refractivity contribution is 0.0511. The van der Waals surface area contributed by atoms with Crippen LogP contribution in [0.4, 0.5) is 0 Å². The first-order valence-corrected chi connectivity index (χ1v) is 9.06. The lowest BCUT2D eigenvalue weighted by Gasteiger charge is -2.37. The van der Waals surface area contributed by atoms with E-state index in [9.17, 15) is 4.79 Å². The molecule has 0 aliphatic carbocycles. The molecule has 3 heterocycles. The van der Waals surface area contributed by atoms with Gasteiger partial charge in [-0.25, -0.2) is 0 Å². The van der Waals surface area contributed by atoms with Gasteiger partial charge in [0.15, 0.2) is 5.82 Å². The lowest BCUT2D eigenvalue weighted by Crippen LogP contribution is -2.47. The maximum absolute atomic E-state index is 12.8. The molecular formula is C19H29ClN4O3. The largest absolute Gasteiger partial charge is 0.384 e. The number of hydrogen-bond donors (Lipinski definition) is 2. The molecule has 150 valence electrons. The van der Waals surface area contributed by atoms with Crippen molar-refractivity contribution in [3.63, 3.8) is 0 Å². The smallest absolute Gasteiger partial charge is 0.253 e. The molecule has 0 unspecified atom stereocenters. The molecule has 1 saturated heterocycles. The number of hydrogen-bond acceptors (Lipinski definition) is 5. The molecule has 1 aliphatic heterocycles. The topological polar surface area (TPSA) is 81.3 Å². The zero-order valence-corrected chi connectivity index (χ0v) is 17.2. The van der Waals surface area contributed by atoms with Crippen LogP contribution < -0.4 is 10.6 Å². The van der Waals surface area contributed by atoms with Gasteiger partial charge < -0.3 is 19.9 Å². The van der Waals surface area contributed by atoms with Crippen molar-refractivity contribution in [2.24, 2.45) is 5.41 Å². The first kappa shape index (κ1) is 21.5. The van der Waals surface area contributed by atoms with E-state index >= 15 is 0 Å². The number of methoxy groups -OCH3 is 1. The Bertz CT molecular complexity index is 773. The molecule has 1 fully saturated rings. The van der Waals surface area contributed by atoms with Gasteiger partial charge in [0.2, 0.25) is 0 Å². The third-order valence-corrected chi connectivity index (χ3v) is 5.26. The molecule has 0 spiro atoms. The molecule has 2 N–H and O–H groups in total. The summed E-state index contributed by atoms with van der Waals surface area (Å²) >= 11 is 0. The summed E-state index contributed by atoms with van der Waals surface area (Å²) in [5.74, 6) is 1.38. The summed E-state index contributed by atoms with van der Waals surface area (Å²) in [6, 6.07) is 3.77. The van der Waals surface area contributed by atoms with Crippen molar-refractivity contribution in [2.75, 3.05) is 33.4 Å². The fourth-order valence-corrected chi connectivity index (χ4v) is 3.80. The van der Waals surface area contributed by atoms with Crippen molar-refractivity contribution in [1.82, 2.24) is 20.4 Å². The molecule has 3 rings (SSSR count). The van der Waals surface area contributed by atoms with E-state index in [0.29, 0.717) is 24.5 Å². The van der Waals surface area contributed by atoms with Crippen molar-refractivity contribution in [1.29, 1.82) is 0 Å². The van der Waals surface area contributed by atoms with E-state index in [4.69, 9.17) is 9.26 Å². The van der Waals surface area contributed by atoms with Gasteiger partial charge >= 0.3 is 0 Å². The highest BCUT2D eigenvalue weighted by Gasteiger charge is 2.33. The standard InChI is InChI=1S/C19H28N4O3.ClH/c1-13-9-16(15(3)23(13)17-10-14(2)26-22-17)18(24)21-11-19(12-25-4)5-7-20-8-6-19;/h9-10,20H,5-8,11-12H2,1-4H3,(H,21,24);1H. The van der Waals surface area contributed by atoms with Gasteiger partial charge in [-0.05, 0) is 52.8 Å². The highest BCUT2D eigenvalue weighted by atomic mass is 35.5. The number of aryl methyl sites for hydroxylation is 2. The van der Waals surface area contributed by atoms with Crippen LogP contribution in [0.1, 0.15) is 40.3 Å². The van der Waals surface area contributed by atoms with Gasteiger partial charge in [0.05, 0.1) is 12.2 Å². The van der Waals surface area contributed by atoms with Crippen molar-refractivity contribution in [3.8, 4) is 5.82 Å². The monoisotopic (exact) mass is 396 g/mol. The normalized spacial score (nSPS) is 16.0. The Kier molecular flexibility index (Phi) is 7.08. The van der Waals surface area contributed by atoms with Crippen LogP contribution >= 0.6 is 12.4 Å². The van der Waals surface area contributed by atoms with Crippen molar-refractivity contribution >= 4 is 18.3 Å². The van der Waals surface area contributed by atoms with E-state index in [1.165, 1.54) is 0 Å². The number of ether oxygens (including phenoxy) is 1. The highest BCUT2D eigenvalue weighted by Crippen LogP contribution is 2.28. The van der Waals surface area contributed by atoms with E-state index in [0.717, 1.165) is 43.1 Å². The second kappa shape index (κ2) is 8.91. The fraction of sp³-hybridized carbons (Fsp3) is 0.579. The van der Waals surface area contributed by atoms with Crippen molar-refractivity contribution in [3.05, 3.63) is 34.8 Å². The predicted molar refractivity (Wildman–Crippen MR) is 106 cm³/mol. The van der Waals surface area contributed by atoms with Crippen molar-refractivity contribution in [2.45, 2.75) is 33.6 Å². The summed E-state index contributed by atoms with van der Waals surface area (Å²) in [7, 11) is 1.72.